The molecular weight excluding hydrogens is 288 g/mol. The van der Waals surface area contributed by atoms with Gasteiger partial charge in [-0.25, -0.2) is 4.39 Å². The molecule has 0 atom stereocenters. The maximum atomic E-state index is 13.0. The van der Waals surface area contributed by atoms with Crippen LogP contribution in [0.1, 0.15) is 11.1 Å². The Hall–Kier alpha value is -1.76. The lowest BCUT2D eigenvalue weighted by Crippen LogP contribution is -1.96. The van der Waals surface area contributed by atoms with Crippen molar-refractivity contribution in [2.24, 2.45) is 0 Å². The molecule has 0 aliphatic carbocycles. The Balaban J connectivity index is 2.10. The summed E-state index contributed by atoms with van der Waals surface area (Å²) in [4.78, 5) is 0. The Bertz CT molecular complexity index is 652. The van der Waals surface area contributed by atoms with Crippen molar-refractivity contribution in [3.05, 3.63) is 63.4 Å². The van der Waals surface area contributed by atoms with E-state index in [1.54, 1.807) is 18.2 Å². The summed E-state index contributed by atoms with van der Waals surface area (Å²) in [6.07, 6.45) is 0. The van der Waals surface area contributed by atoms with E-state index in [4.69, 9.17) is 33.2 Å². The van der Waals surface area contributed by atoms with Gasteiger partial charge in [-0.15, -0.1) is 0 Å². The Kier molecular flexibility index (Phi) is 4.26. The first kappa shape index (κ1) is 13.7. The summed E-state index contributed by atoms with van der Waals surface area (Å²) in [5.74, 6) is -0.0112. The van der Waals surface area contributed by atoms with Crippen LogP contribution in [0.4, 0.5) is 4.39 Å². The third kappa shape index (κ3) is 3.37. The van der Waals surface area contributed by atoms with Gasteiger partial charge >= 0.3 is 0 Å². The van der Waals surface area contributed by atoms with E-state index in [1.165, 1.54) is 18.2 Å². The second-order valence-corrected chi connectivity index (χ2v) is 4.61. The third-order valence-corrected chi connectivity index (χ3v) is 3.02. The molecule has 2 nitrogen and oxygen atoms in total. The Labute approximate surface area is 119 Å². The summed E-state index contributed by atoms with van der Waals surface area (Å²) in [7, 11) is 0. The highest BCUT2D eigenvalue weighted by Crippen LogP contribution is 2.26. The van der Waals surface area contributed by atoms with Crippen LogP contribution in [-0.4, -0.2) is 0 Å². The number of ether oxygens (including phenoxy) is 1. The molecular formula is C14H8Cl2FNO. The van der Waals surface area contributed by atoms with Gasteiger partial charge in [0.1, 0.15) is 18.2 Å². The number of benzene rings is 2. The molecule has 0 saturated carbocycles. The van der Waals surface area contributed by atoms with Crippen LogP contribution < -0.4 is 4.74 Å². The molecule has 2 aromatic carbocycles. The summed E-state index contributed by atoms with van der Waals surface area (Å²) in [5.41, 5.74) is 1.19. The number of nitrogens with zero attached hydrogens (tertiary/aromatic N) is 1. The molecule has 0 saturated heterocycles. The van der Waals surface area contributed by atoms with Crippen LogP contribution >= 0.6 is 23.2 Å². The Morgan fingerprint density at radius 1 is 1.11 bits per heavy atom. The van der Waals surface area contributed by atoms with Gasteiger partial charge in [-0.2, -0.15) is 5.26 Å². The molecule has 0 amide bonds. The van der Waals surface area contributed by atoms with Crippen LogP contribution in [-0.2, 0) is 6.61 Å². The monoisotopic (exact) mass is 295 g/mol. The van der Waals surface area contributed by atoms with Crippen molar-refractivity contribution < 1.29 is 9.13 Å². The van der Waals surface area contributed by atoms with Crippen molar-refractivity contribution in [1.29, 1.82) is 5.26 Å². The topological polar surface area (TPSA) is 33.0 Å². The molecule has 0 spiro atoms. The molecule has 2 aromatic rings. The fourth-order valence-electron chi connectivity index (χ4n) is 1.48. The van der Waals surface area contributed by atoms with Gasteiger partial charge in [-0.1, -0.05) is 29.3 Å². The van der Waals surface area contributed by atoms with E-state index in [-0.39, 0.29) is 11.6 Å². The van der Waals surface area contributed by atoms with Crippen molar-refractivity contribution >= 4 is 23.2 Å². The molecule has 0 heterocycles. The zero-order valence-corrected chi connectivity index (χ0v) is 11.2. The van der Waals surface area contributed by atoms with Crippen LogP contribution in [0.25, 0.3) is 0 Å². The van der Waals surface area contributed by atoms with Crippen LogP contribution in [0.2, 0.25) is 10.0 Å². The number of rotatable bonds is 3. The molecule has 0 aromatic heterocycles. The molecule has 0 N–H and O–H groups in total. The third-order valence-electron chi connectivity index (χ3n) is 2.44. The van der Waals surface area contributed by atoms with Gasteiger partial charge in [0, 0.05) is 0 Å². The van der Waals surface area contributed by atoms with E-state index >= 15 is 0 Å². The standard InChI is InChI=1S/C14H8Cl2FNO/c15-11-6-10(1-3-13(11)17)8-19-14-4-2-9(7-18)5-12(14)16/h1-6H,8H2. The number of nitriles is 1. The predicted octanol–water partition coefficient (Wildman–Crippen LogP) is 4.58. The molecule has 0 aliphatic rings. The molecule has 0 radical (unpaired) electrons. The largest absolute Gasteiger partial charge is 0.487 e. The van der Waals surface area contributed by atoms with Crippen molar-refractivity contribution in [2.45, 2.75) is 6.61 Å². The van der Waals surface area contributed by atoms with E-state index in [1.807, 2.05) is 6.07 Å². The molecule has 0 fully saturated rings. The average Bonchev–Trinajstić information content (AvgIpc) is 2.41. The molecule has 5 heteroatoms. The molecule has 2 rings (SSSR count). The summed E-state index contributed by atoms with van der Waals surface area (Å²) in [6, 6.07) is 11.1. The van der Waals surface area contributed by atoms with Gasteiger partial charge in [0.05, 0.1) is 21.7 Å². The highest BCUT2D eigenvalue weighted by atomic mass is 35.5. The maximum absolute atomic E-state index is 13.0. The van der Waals surface area contributed by atoms with E-state index in [2.05, 4.69) is 0 Å². The first-order valence-corrected chi connectivity index (χ1v) is 6.12. The minimum Gasteiger partial charge on any atom is -0.487 e. The van der Waals surface area contributed by atoms with Gasteiger partial charge in [0.15, 0.2) is 0 Å². The van der Waals surface area contributed by atoms with Gasteiger partial charge < -0.3 is 4.74 Å². The van der Waals surface area contributed by atoms with E-state index in [9.17, 15) is 4.39 Å². The number of halogens is 3. The normalized spacial score (nSPS) is 10.0. The molecule has 0 bridgehead atoms. The van der Waals surface area contributed by atoms with Gasteiger partial charge in [0.25, 0.3) is 0 Å². The zero-order chi connectivity index (χ0) is 13.8. The number of hydrogen-bond donors (Lipinski definition) is 0. The lowest BCUT2D eigenvalue weighted by Gasteiger charge is -2.08. The Morgan fingerprint density at radius 3 is 2.53 bits per heavy atom. The van der Waals surface area contributed by atoms with Crippen molar-refractivity contribution in [3.63, 3.8) is 0 Å². The van der Waals surface area contributed by atoms with Crippen molar-refractivity contribution in [3.8, 4) is 11.8 Å². The first-order valence-electron chi connectivity index (χ1n) is 5.36. The molecule has 96 valence electrons. The summed E-state index contributed by atoms with van der Waals surface area (Å²) < 4.78 is 18.5. The van der Waals surface area contributed by atoms with Crippen LogP contribution in [0.5, 0.6) is 5.75 Å². The minimum atomic E-state index is -0.471. The van der Waals surface area contributed by atoms with E-state index in [0.717, 1.165) is 5.56 Å². The molecule has 0 unspecified atom stereocenters. The molecule has 0 aliphatic heterocycles. The second-order valence-electron chi connectivity index (χ2n) is 3.79. The van der Waals surface area contributed by atoms with Gasteiger partial charge in [0.2, 0.25) is 0 Å². The number of hydrogen-bond acceptors (Lipinski definition) is 2. The lowest BCUT2D eigenvalue weighted by molar-refractivity contribution is 0.306. The van der Waals surface area contributed by atoms with Gasteiger partial charge in [-0.05, 0) is 35.9 Å². The first-order chi connectivity index (χ1) is 9.10. The van der Waals surface area contributed by atoms with E-state index < -0.39 is 5.82 Å². The fraction of sp³-hybridized carbons (Fsp3) is 0.0714. The predicted molar refractivity (Wildman–Crippen MR) is 71.9 cm³/mol. The van der Waals surface area contributed by atoms with Crippen LogP contribution in [0, 0.1) is 17.1 Å². The smallest absolute Gasteiger partial charge is 0.141 e. The summed E-state index contributed by atoms with van der Waals surface area (Å²) in [5, 5.41) is 9.12. The minimum absolute atomic E-state index is 0.0482. The van der Waals surface area contributed by atoms with Gasteiger partial charge in [-0.3, -0.25) is 0 Å². The highest BCUT2D eigenvalue weighted by molar-refractivity contribution is 6.32. The van der Waals surface area contributed by atoms with E-state index in [0.29, 0.717) is 16.3 Å². The maximum Gasteiger partial charge on any atom is 0.141 e. The fourth-order valence-corrected chi connectivity index (χ4v) is 1.92. The SMILES string of the molecule is N#Cc1ccc(OCc2ccc(F)c(Cl)c2)c(Cl)c1. The van der Waals surface area contributed by atoms with Crippen LogP contribution in [0.3, 0.4) is 0 Å². The lowest BCUT2D eigenvalue weighted by atomic mass is 10.2. The van der Waals surface area contributed by atoms with Crippen molar-refractivity contribution in [1.82, 2.24) is 0 Å². The van der Waals surface area contributed by atoms with Crippen LogP contribution in [0.15, 0.2) is 36.4 Å². The van der Waals surface area contributed by atoms with Crippen molar-refractivity contribution in [2.75, 3.05) is 0 Å². The highest BCUT2D eigenvalue weighted by Gasteiger charge is 2.05. The summed E-state index contributed by atoms with van der Waals surface area (Å²) >= 11 is 11.6. The zero-order valence-electron chi connectivity index (χ0n) is 9.66. The quantitative estimate of drug-likeness (QED) is 0.830. The second kappa shape index (κ2) is 5.92. The average molecular weight is 296 g/mol. The summed E-state index contributed by atoms with van der Waals surface area (Å²) in [6.45, 7) is 0.214. The molecule has 19 heavy (non-hydrogen) atoms. The Morgan fingerprint density at radius 2 is 1.89 bits per heavy atom.